The van der Waals surface area contributed by atoms with Gasteiger partial charge in [-0.2, -0.15) is 0 Å². The quantitative estimate of drug-likeness (QED) is 0.770. The van der Waals surface area contributed by atoms with Crippen LogP contribution in [0.15, 0.2) is 36.4 Å². The number of carbonyl (C=O) groups is 1. The van der Waals surface area contributed by atoms with E-state index < -0.39 is 0 Å². The van der Waals surface area contributed by atoms with E-state index in [-0.39, 0.29) is 23.7 Å². The van der Waals surface area contributed by atoms with Crippen molar-refractivity contribution in [3.8, 4) is 11.5 Å². The summed E-state index contributed by atoms with van der Waals surface area (Å²) in [7, 11) is 3.23. The lowest BCUT2D eigenvalue weighted by molar-refractivity contribution is -0.124. The highest BCUT2D eigenvalue weighted by atomic mass is 19.1. The molecule has 1 aliphatic heterocycles. The van der Waals surface area contributed by atoms with Gasteiger partial charge in [0.1, 0.15) is 5.82 Å². The third-order valence-corrected chi connectivity index (χ3v) is 5.44. The summed E-state index contributed by atoms with van der Waals surface area (Å²) >= 11 is 0. The molecule has 29 heavy (non-hydrogen) atoms. The Morgan fingerprint density at radius 3 is 2.55 bits per heavy atom. The molecule has 0 radical (unpaired) electrons. The van der Waals surface area contributed by atoms with Crippen LogP contribution in [0.4, 0.5) is 4.39 Å². The number of amides is 1. The van der Waals surface area contributed by atoms with E-state index in [0.717, 1.165) is 24.1 Å². The molecule has 0 bridgehead atoms. The lowest BCUT2D eigenvalue weighted by atomic mass is 9.91. The van der Waals surface area contributed by atoms with Crippen molar-refractivity contribution in [2.45, 2.75) is 32.9 Å². The number of carbonyl (C=O) groups excluding carboxylic acids is 1. The molecule has 1 aliphatic rings. The lowest BCUT2D eigenvalue weighted by Gasteiger charge is -2.38. The number of methoxy groups -OCH3 is 2. The Kier molecular flexibility index (Phi) is 6.75. The Bertz CT molecular complexity index is 869. The molecule has 6 heteroatoms. The molecular weight excluding hydrogens is 371 g/mol. The fourth-order valence-electron chi connectivity index (χ4n) is 3.76. The Morgan fingerprint density at radius 2 is 1.90 bits per heavy atom. The molecule has 1 heterocycles. The molecule has 156 valence electrons. The number of fused-ring (bicyclic) bond motifs is 1. The fraction of sp³-hybridized carbons (Fsp3) is 0.435. The first-order chi connectivity index (χ1) is 13.9. The highest BCUT2D eigenvalue weighted by molar-refractivity contribution is 5.77. The van der Waals surface area contributed by atoms with Crippen molar-refractivity contribution >= 4 is 5.91 Å². The number of nitrogens with one attached hydrogen (secondary N) is 1. The summed E-state index contributed by atoms with van der Waals surface area (Å²) in [4.78, 5) is 14.4. The van der Waals surface area contributed by atoms with Gasteiger partial charge in [0, 0.05) is 31.1 Å². The lowest BCUT2D eigenvalue weighted by Crippen LogP contribution is -2.42. The van der Waals surface area contributed by atoms with E-state index >= 15 is 0 Å². The molecule has 1 N–H and O–H groups in total. The van der Waals surface area contributed by atoms with E-state index in [1.165, 1.54) is 6.07 Å². The van der Waals surface area contributed by atoms with Crippen LogP contribution in [0.1, 0.15) is 36.6 Å². The van der Waals surface area contributed by atoms with Crippen molar-refractivity contribution in [1.82, 2.24) is 10.2 Å². The number of hydrogen-bond donors (Lipinski definition) is 1. The van der Waals surface area contributed by atoms with Crippen LogP contribution < -0.4 is 14.8 Å². The van der Waals surface area contributed by atoms with Gasteiger partial charge < -0.3 is 14.8 Å². The van der Waals surface area contributed by atoms with E-state index in [2.05, 4.69) is 10.2 Å². The highest BCUT2D eigenvalue weighted by Crippen LogP contribution is 2.38. The molecule has 3 rings (SSSR count). The van der Waals surface area contributed by atoms with Crippen molar-refractivity contribution in [2.75, 3.05) is 27.3 Å². The highest BCUT2D eigenvalue weighted by Gasteiger charge is 2.30. The number of benzene rings is 2. The number of halogens is 1. The van der Waals surface area contributed by atoms with Gasteiger partial charge in [-0.1, -0.05) is 32.0 Å². The van der Waals surface area contributed by atoms with Gasteiger partial charge >= 0.3 is 0 Å². The number of nitrogens with zero attached hydrogens (tertiary/aromatic N) is 1. The molecule has 2 aromatic carbocycles. The van der Waals surface area contributed by atoms with E-state index in [4.69, 9.17) is 9.47 Å². The first-order valence-corrected chi connectivity index (χ1v) is 9.94. The standard InChI is InChI=1S/C23H29FN2O3/c1-15(2)23(27)25-13-20-18-12-22(29-4)21(28-3)11-16(18)9-10-26(20)14-17-7-5-6-8-19(17)24/h5-8,11-12,15,20H,9-10,13-14H2,1-4H3,(H,25,27). The van der Waals surface area contributed by atoms with Crippen LogP contribution in [0.2, 0.25) is 0 Å². The zero-order valence-corrected chi connectivity index (χ0v) is 17.5. The molecule has 2 aromatic rings. The SMILES string of the molecule is COc1cc2c(cc1OC)C(CNC(=O)C(C)C)N(Cc1ccccc1F)CC2. The summed E-state index contributed by atoms with van der Waals surface area (Å²) in [6, 6.07) is 10.7. The van der Waals surface area contributed by atoms with Crippen molar-refractivity contribution in [3.05, 3.63) is 58.9 Å². The maximum absolute atomic E-state index is 14.3. The summed E-state index contributed by atoms with van der Waals surface area (Å²) in [5, 5.41) is 3.04. The summed E-state index contributed by atoms with van der Waals surface area (Å²) in [5.41, 5.74) is 2.89. The minimum Gasteiger partial charge on any atom is -0.493 e. The largest absolute Gasteiger partial charge is 0.493 e. The molecule has 0 spiro atoms. The first-order valence-electron chi connectivity index (χ1n) is 9.94. The van der Waals surface area contributed by atoms with E-state index in [0.29, 0.717) is 30.2 Å². The van der Waals surface area contributed by atoms with Crippen LogP contribution in [0.3, 0.4) is 0 Å². The average Bonchev–Trinajstić information content (AvgIpc) is 2.72. The van der Waals surface area contributed by atoms with Gasteiger partial charge in [-0.15, -0.1) is 0 Å². The van der Waals surface area contributed by atoms with Crippen molar-refractivity contribution < 1.29 is 18.7 Å². The monoisotopic (exact) mass is 400 g/mol. The second-order valence-corrected chi connectivity index (χ2v) is 7.63. The van der Waals surface area contributed by atoms with E-state index in [1.54, 1.807) is 20.3 Å². The second kappa shape index (κ2) is 9.27. The zero-order chi connectivity index (χ0) is 21.0. The predicted octanol–water partition coefficient (Wildman–Crippen LogP) is 3.71. The van der Waals surface area contributed by atoms with Crippen molar-refractivity contribution in [1.29, 1.82) is 0 Å². The maximum Gasteiger partial charge on any atom is 0.222 e. The molecule has 1 unspecified atom stereocenters. The minimum absolute atomic E-state index is 0.00319. The van der Waals surface area contributed by atoms with Gasteiger partial charge in [-0.3, -0.25) is 9.69 Å². The second-order valence-electron chi connectivity index (χ2n) is 7.63. The zero-order valence-electron chi connectivity index (χ0n) is 17.5. The van der Waals surface area contributed by atoms with E-state index in [1.807, 2.05) is 38.1 Å². The predicted molar refractivity (Wildman–Crippen MR) is 111 cm³/mol. The van der Waals surface area contributed by atoms with Gasteiger partial charge in [0.05, 0.1) is 20.3 Å². The Morgan fingerprint density at radius 1 is 1.21 bits per heavy atom. The molecule has 0 aliphatic carbocycles. The minimum atomic E-state index is -0.212. The van der Waals surface area contributed by atoms with Gasteiger partial charge in [0.2, 0.25) is 5.91 Å². The van der Waals surface area contributed by atoms with Crippen LogP contribution in [0.25, 0.3) is 0 Å². The Balaban J connectivity index is 1.94. The van der Waals surface area contributed by atoms with Crippen LogP contribution in [0, 0.1) is 11.7 Å². The summed E-state index contributed by atoms with van der Waals surface area (Å²) in [6.45, 7) is 5.43. The van der Waals surface area contributed by atoms with Gasteiger partial charge in [-0.25, -0.2) is 4.39 Å². The third kappa shape index (κ3) is 4.70. The molecular formula is C23H29FN2O3. The molecule has 1 amide bonds. The van der Waals surface area contributed by atoms with E-state index in [9.17, 15) is 9.18 Å². The van der Waals surface area contributed by atoms with Gasteiger partial charge in [0.15, 0.2) is 11.5 Å². The van der Waals surface area contributed by atoms with Crippen LogP contribution >= 0.6 is 0 Å². The molecule has 1 atom stereocenters. The Hall–Kier alpha value is -2.60. The smallest absolute Gasteiger partial charge is 0.222 e. The molecule has 0 aromatic heterocycles. The van der Waals surface area contributed by atoms with Crippen molar-refractivity contribution in [3.63, 3.8) is 0 Å². The maximum atomic E-state index is 14.3. The Labute approximate surface area is 171 Å². The first kappa shape index (κ1) is 21.1. The molecule has 0 saturated heterocycles. The van der Waals surface area contributed by atoms with Crippen LogP contribution in [-0.4, -0.2) is 38.1 Å². The topological polar surface area (TPSA) is 50.8 Å². The van der Waals surface area contributed by atoms with Gasteiger partial charge in [0.25, 0.3) is 0 Å². The fourth-order valence-corrected chi connectivity index (χ4v) is 3.76. The summed E-state index contributed by atoms with van der Waals surface area (Å²) in [5.74, 6) is 1.04. The normalized spacial score (nSPS) is 16.4. The molecule has 0 saturated carbocycles. The van der Waals surface area contributed by atoms with Crippen LogP contribution in [0.5, 0.6) is 11.5 Å². The van der Waals surface area contributed by atoms with Crippen LogP contribution in [-0.2, 0) is 17.8 Å². The summed E-state index contributed by atoms with van der Waals surface area (Å²) < 4.78 is 25.2. The third-order valence-electron chi connectivity index (χ3n) is 5.44. The summed E-state index contributed by atoms with van der Waals surface area (Å²) in [6.07, 6.45) is 0.818. The van der Waals surface area contributed by atoms with Crippen molar-refractivity contribution in [2.24, 2.45) is 5.92 Å². The number of rotatable bonds is 7. The average molecular weight is 400 g/mol. The van der Waals surface area contributed by atoms with Gasteiger partial charge in [-0.05, 0) is 35.7 Å². The number of ether oxygens (including phenoxy) is 2. The number of hydrogen-bond acceptors (Lipinski definition) is 4. The molecule has 0 fully saturated rings. The molecule has 5 nitrogen and oxygen atoms in total.